The molecule has 3 nitrogen and oxygen atoms in total. The molecule has 0 bridgehead atoms. The molecule has 0 aliphatic carbocycles. The summed E-state index contributed by atoms with van der Waals surface area (Å²) >= 11 is 0. The van der Waals surface area contributed by atoms with Crippen molar-refractivity contribution in [1.29, 1.82) is 0 Å². The Morgan fingerprint density at radius 3 is 3.00 bits per heavy atom. The molecule has 0 saturated carbocycles. The molecule has 0 radical (unpaired) electrons. The van der Waals surface area contributed by atoms with Crippen LogP contribution in [0.1, 0.15) is 24.1 Å². The van der Waals surface area contributed by atoms with Crippen molar-refractivity contribution in [3.8, 4) is 0 Å². The number of halogens is 1. The smallest absolute Gasteiger partial charge is 0.148 e. The van der Waals surface area contributed by atoms with Crippen molar-refractivity contribution in [2.45, 2.75) is 32.4 Å². The van der Waals surface area contributed by atoms with Crippen molar-refractivity contribution in [2.24, 2.45) is 0 Å². The summed E-state index contributed by atoms with van der Waals surface area (Å²) in [4.78, 5) is 3.92. The third-order valence-corrected chi connectivity index (χ3v) is 3.06. The van der Waals surface area contributed by atoms with Crippen LogP contribution in [0.5, 0.6) is 0 Å². The lowest BCUT2D eigenvalue weighted by Gasteiger charge is -2.23. The average molecular weight is 223 g/mol. The highest BCUT2D eigenvalue weighted by molar-refractivity contribution is 5.18. The Morgan fingerprint density at radius 2 is 2.25 bits per heavy atom. The largest absolute Gasteiger partial charge is 0.317 e. The van der Waals surface area contributed by atoms with Crippen LogP contribution in [0, 0.1) is 12.7 Å². The first-order valence-electron chi connectivity index (χ1n) is 5.81. The minimum absolute atomic E-state index is 0.177. The van der Waals surface area contributed by atoms with Crippen molar-refractivity contribution < 1.29 is 4.39 Å². The Labute approximate surface area is 95.5 Å². The van der Waals surface area contributed by atoms with Gasteiger partial charge >= 0.3 is 0 Å². The molecule has 88 valence electrons. The maximum Gasteiger partial charge on any atom is 0.148 e. The lowest BCUT2D eigenvalue weighted by atomic mass is 10.1. The van der Waals surface area contributed by atoms with E-state index in [4.69, 9.17) is 0 Å². The minimum atomic E-state index is -0.177. The molecule has 2 rings (SSSR count). The second kappa shape index (κ2) is 5.37. The van der Waals surface area contributed by atoms with E-state index in [9.17, 15) is 4.39 Å². The first kappa shape index (κ1) is 11.5. The van der Waals surface area contributed by atoms with Crippen LogP contribution in [0.4, 0.5) is 4.39 Å². The number of pyridine rings is 1. The van der Waals surface area contributed by atoms with Gasteiger partial charge < -0.3 is 10.6 Å². The summed E-state index contributed by atoms with van der Waals surface area (Å²) in [5.41, 5.74) is 1.19. The zero-order valence-electron chi connectivity index (χ0n) is 9.59. The van der Waals surface area contributed by atoms with E-state index in [1.165, 1.54) is 0 Å². The van der Waals surface area contributed by atoms with E-state index in [-0.39, 0.29) is 5.82 Å². The molecule has 4 heteroatoms. The molecule has 1 aromatic rings. The molecule has 1 aliphatic rings. The number of nitrogens with zero attached hydrogens (tertiary/aromatic N) is 1. The Kier molecular flexibility index (Phi) is 3.85. The van der Waals surface area contributed by atoms with Gasteiger partial charge in [0.1, 0.15) is 5.82 Å². The van der Waals surface area contributed by atoms with Crippen LogP contribution in [0.25, 0.3) is 0 Å². The quantitative estimate of drug-likeness (QED) is 0.812. The molecule has 0 aromatic carbocycles. The molecule has 1 aromatic heterocycles. The fourth-order valence-electron chi connectivity index (χ4n) is 2.02. The first-order valence-corrected chi connectivity index (χ1v) is 5.81. The number of rotatable bonds is 3. The second-order valence-electron chi connectivity index (χ2n) is 4.27. The van der Waals surface area contributed by atoms with Gasteiger partial charge in [-0.05, 0) is 38.9 Å². The van der Waals surface area contributed by atoms with Gasteiger partial charge in [0, 0.05) is 24.3 Å². The standard InChI is InChI=1S/C12H18FN3/c1-9-12(13)10(2-7-15-9)8-16-11-3-5-14-6-4-11/h2,7,11,14,16H,3-6,8H2,1H3. The molecule has 0 spiro atoms. The van der Waals surface area contributed by atoms with Crippen molar-refractivity contribution in [3.63, 3.8) is 0 Å². The maximum atomic E-state index is 13.6. The summed E-state index contributed by atoms with van der Waals surface area (Å²) in [5, 5.41) is 6.71. The van der Waals surface area contributed by atoms with Gasteiger partial charge in [0.05, 0.1) is 5.69 Å². The second-order valence-corrected chi connectivity index (χ2v) is 4.27. The molecule has 1 aliphatic heterocycles. The summed E-state index contributed by atoms with van der Waals surface area (Å²) in [6.45, 7) is 4.40. The van der Waals surface area contributed by atoms with Gasteiger partial charge in [-0.25, -0.2) is 4.39 Å². The lowest BCUT2D eigenvalue weighted by Crippen LogP contribution is -2.39. The molecule has 0 amide bonds. The van der Waals surface area contributed by atoms with Crippen molar-refractivity contribution in [2.75, 3.05) is 13.1 Å². The number of aromatic nitrogens is 1. The predicted octanol–water partition coefficient (Wildman–Crippen LogP) is 1.37. The lowest BCUT2D eigenvalue weighted by molar-refractivity contribution is 0.383. The van der Waals surface area contributed by atoms with Crippen LogP contribution in [0.3, 0.4) is 0 Å². The third-order valence-electron chi connectivity index (χ3n) is 3.06. The SMILES string of the molecule is Cc1nccc(CNC2CCNCC2)c1F. The van der Waals surface area contributed by atoms with Crippen molar-refractivity contribution in [3.05, 3.63) is 29.3 Å². The van der Waals surface area contributed by atoms with Gasteiger partial charge in [0.25, 0.3) is 0 Å². The molecule has 16 heavy (non-hydrogen) atoms. The molecule has 2 heterocycles. The summed E-state index contributed by atoms with van der Waals surface area (Å²) in [6, 6.07) is 2.25. The molecule has 1 saturated heterocycles. The van der Waals surface area contributed by atoms with E-state index in [0.717, 1.165) is 25.9 Å². The number of hydrogen-bond donors (Lipinski definition) is 2. The highest BCUT2D eigenvalue weighted by Crippen LogP contribution is 2.10. The van der Waals surface area contributed by atoms with E-state index in [1.54, 1.807) is 19.2 Å². The topological polar surface area (TPSA) is 37.0 Å². The number of hydrogen-bond acceptors (Lipinski definition) is 3. The monoisotopic (exact) mass is 223 g/mol. The van der Waals surface area contributed by atoms with Crippen LogP contribution in [-0.4, -0.2) is 24.1 Å². The van der Waals surface area contributed by atoms with Gasteiger partial charge in [-0.15, -0.1) is 0 Å². The van der Waals surface area contributed by atoms with Crippen LogP contribution < -0.4 is 10.6 Å². The molecule has 0 atom stereocenters. The van der Waals surface area contributed by atoms with E-state index in [1.807, 2.05) is 0 Å². The first-order chi connectivity index (χ1) is 7.77. The molecule has 0 unspecified atom stereocenters. The summed E-state index contributed by atoms with van der Waals surface area (Å²) in [5.74, 6) is -0.177. The van der Waals surface area contributed by atoms with Crippen molar-refractivity contribution >= 4 is 0 Å². The molecular formula is C12H18FN3. The number of aryl methyl sites for hydroxylation is 1. The van der Waals surface area contributed by atoms with Gasteiger partial charge in [0.15, 0.2) is 0 Å². The Bertz CT molecular complexity index is 348. The van der Waals surface area contributed by atoms with E-state index in [0.29, 0.717) is 23.8 Å². The maximum absolute atomic E-state index is 13.6. The Balaban J connectivity index is 1.91. The molecular weight excluding hydrogens is 205 g/mol. The van der Waals surface area contributed by atoms with E-state index in [2.05, 4.69) is 15.6 Å². The summed E-state index contributed by atoms with van der Waals surface area (Å²) in [7, 11) is 0. The average Bonchev–Trinajstić information content (AvgIpc) is 2.32. The summed E-state index contributed by atoms with van der Waals surface area (Å²) < 4.78 is 13.6. The third kappa shape index (κ3) is 2.77. The zero-order valence-corrected chi connectivity index (χ0v) is 9.59. The number of nitrogens with one attached hydrogen (secondary N) is 2. The zero-order chi connectivity index (χ0) is 11.4. The summed E-state index contributed by atoms with van der Waals surface area (Å²) in [6.07, 6.45) is 3.90. The minimum Gasteiger partial charge on any atom is -0.317 e. The van der Waals surface area contributed by atoms with Gasteiger partial charge in [-0.3, -0.25) is 4.98 Å². The van der Waals surface area contributed by atoms with Crippen LogP contribution >= 0.6 is 0 Å². The Morgan fingerprint density at radius 1 is 1.50 bits per heavy atom. The number of piperidine rings is 1. The van der Waals surface area contributed by atoms with E-state index < -0.39 is 0 Å². The van der Waals surface area contributed by atoms with Gasteiger partial charge in [-0.2, -0.15) is 0 Å². The fourth-order valence-corrected chi connectivity index (χ4v) is 2.02. The highest BCUT2D eigenvalue weighted by Gasteiger charge is 2.13. The normalized spacial score (nSPS) is 17.6. The van der Waals surface area contributed by atoms with Crippen LogP contribution in [0.15, 0.2) is 12.3 Å². The fraction of sp³-hybridized carbons (Fsp3) is 0.583. The van der Waals surface area contributed by atoms with Crippen molar-refractivity contribution in [1.82, 2.24) is 15.6 Å². The highest BCUT2D eigenvalue weighted by atomic mass is 19.1. The molecule has 1 fully saturated rings. The molecule has 2 N–H and O–H groups in total. The van der Waals surface area contributed by atoms with Gasteiger partial charge in [-0.1, -0.05) is 0 Å². The predicted molar refractivity (Wildman–Crippen MR) is 61.7 cm³/mol. The van der Waals surface area contributed by atoms with Gasteiger partial charge in [0.2, 0.25) is 0 Å². The van der Waals surface area contributed by atoms with E-state index >= 15 is 0 Å². The van der Waals surface area contributed by atoms with Crippen LogP contribution in [-0.2, 0) is 6.54 Å². The Hall–Kier alpha value is -1.00. The van der Waals surface area contributed by atoms with Crippen LogP contribution in [0.2, 0.25) is 0 Å².